The first-order valence-electron chi connectivity index (χ1n) is 9.75. The molecule has 0 radical (unpaired) electrons. The topological polar surface area (TPSA) is 54.3 Å². The zero-order valence-corrected chi connectivity index (χ0v) is 16.4. The molecular weight excluding hydrogens is 360 g/mol. The number of aromatic carboxylic acids is 1. The van der Waals surface area contributed by atoms with Crippen molar-refractivity contribution in [1.29, 1.82) is 0 Å². The summed E-state index contributed by atoms with van der Waals surface area (Å²) in [7, 11) is 0. The van der Waals surface area contributed by atoms with Gasteiger partial charge in [-0.3, -0.25) is 0 Å². The molecule has 0 saturated heterocycles. The minimum absolute atomic E-state index is 0.313. The summed E-state index contributed by atoms with van der Waals surface area (Å²) in [4.78, 5) is 11.0. The van der Waals surface area contributed by atoms with Crippen LogP contribution in [0.2, 0.25) is 0 Å². The summed E-state index contributed by atoms with van der Waals surface area (Å²) in [5, 5.41) is 13.7. The number of carboxylic acids is 1. The van der Waals surface area contributed by atoms with Crippen LogP contribution in [0.3, 0.4) is 0 Å². The monoisotopic (exact) mass is 384 g/mol. The number of fused-ring (bicyclic) bond motifs is 1. The molecule has 0 fully saturated rings. The standard InChI is InChI=1S/C25H24N2O2/c1-18-5-4-6-20(13-18)16-27-17-22(23-7-2-3-8-24(23)27)15-26-14-19-9-11-21(12-10-19)25(28)29/h2-13,17,26H,14-16H2,1H3,(H,28,29). The van der Waals surface area contributed by atoms with Gasteiger partial charge in [0.15, 0.2) is 0 Å². The molecule has 0 atom stereocenters. The van der Waals surface area contributed by atoms with E-state index in [2.05, 4.69) is 71.5 Å². The van der Waals surface area contributed by atoms with E-state index in [9.17, 15) is 4.79 Å². The maximum absolute atomic E-state index is 11.0. The number of para-hydroxylation sites is 1. The number of hydrogen-bond acceptors (Lipinski definition) is 2. The Kier molecular flexibility index (Phi) is 5.45. The summed E-state index contributed by atoms with van der Waals surface area (Å²) < 4.78 is 2.31. The van der Waals surface area contributed by atoms with Gasteiger partial charge < -0.3 is 15.0 Å². The van der Waals surface area contributed by atoms with E-state index in [1.807, 2.05) is 12.1 Å². The fourth-order valence-corrected chi connectivity index (χ4v) is 3.71. The number of carbonyl (C=O) groups is 1. The van der Waals surface area contributed by atoms with Gasteiger partial charge in [-0.05, 0) is 41.8 Å². The van der Waals surface area contributed by atoms with Crippen molar-refractivity contribution >= 4 is 16.9 Å². The summed E-state index contributed by atoms with van der Waals surface area (Å²) in [5.41, 5.74) is 6.44. The molecule has 3 aromatic carbocycles. The van der Waals surface area contributed by atoms with Gasteiger partial charge in [0.2, 0.25) is 0 Å². The molecule has 0 saturated carbocycles. The molecule has 4 aromatic rings. The van der Waals surface area contributed by atoms with E-state index in [1.165, 1.54) is 27.6 Å². The Bertz CT molecular complexity index is 1140. The lowest BCUT2D eigenvalue weighted by molar-refractivity contribution is 0.0697. The molecule has 0 unspecified atom stereocenters. The number of nitrogens with one attached hydrogen (secondary N) is 1. The van der Waals surface area contributed by atoms with Crippen molar-refractivity contribution in [2.24, 2.45) is 0 Å². The van der Waals surface area contributed by atoms with E-state index in [4.69, 9.17) is 5.11 Å². The number of benzene rings is 3. The van der Waals surface area contributed by atoms with Crippen LogP contribution in [-0.4, -0.2) is 15.6 Å². The molecular formula is C25H24N2O2. The molecule has 0 aliphatic heterocycles. The van der Waals surface area contributed by atoms with Crippen molar-refractivity contribution in [1.82, 2.24) is 9.88 Å². The third-order valence-corrected chi connectivity index (χ3v) is 5.15. The minimum atomic E-state index is -0.897. The number of carboxylic acid groups (broad SMARTS) is 1. The average Bonchev–Trinajstić information content (AvgIpc) is 3.06. The zero-order chi connectivity index (χ0) is 20.2. The van der Waals surface area contributed by atoms with Gasteiger partial charge in [0.05, 0.1) is 5.56 Å². The van der Waals surface area contributed by atoms with Crippen molar-refractivity contribution in [3.8, 4) is 0 Å². The van der Waals surface area contributed by atoms with Crippen LogP contribution in [0.25, 0.3) is 10.9 Å². The van der Waals surface area contributed by atoms with Gasteiger partial charge >= 0.3 is 5.97 Å². The molecule has 4 nitrogen and oxygen atoms in total. The van der Waals surface area contributed by atoms with Gasteiger partial charge in [0.1, 0.15) is 0 Å². The molecule has 4 heteroatoms. The highest BCUT2D eigenvalue weighted by Gasteiger charge is 2.09. The van der Waals surface area contributed by atoms with Crippen LogP contribution in [0.15, 0.2) is 79.0 Å². The van der Waals surface area contributed by atoms with Crippen molar-refractivity contribution in [2.45, 2.75) is 26.6 Å². The zero-order valence-electron chi connectivity index (χ0n) is 16.4. The smallest absolute Gasteiger partial charge is 0.335 e. The second-order valence-electron chi connectivity index (χ2n) is 7.39. The predicted octanol–water partition coefficient (Wildman–Crippen LogP) is 4.99. The summed E-state index contributed by atoms with van der Waals surface area (Å²) in [5.74, 6) is -0.897. The van der Waals surface area contributed by atoms with Crippen molar-refractivity contribution < 1.29 is 9.90 Å². The molecule has 0 bridgehead atoms. The van der Waals surface area contributed by atoms with Gasteiger partial charge in [-0.15, -0.1) is 0 Å². The molecule has 0 amide bonds. The van der Waals surface area contributed by atoms with Crippen molar-refractivity contribution in [3.05, 3.63) is 107 Å². The second-order valence-corrected chi connectivity index (χ2v) is 7.39. The lowest BCUT2D eigenvalue weighted by Crippen LogP contribution is -2.12. The Morgan fingerprint density at radius 2 is 1.72 bits per heavy atom. The summed E-state index contributed by atoms with van der Waals surface area (Å²) in [6.45, 7) is 4.41. The van der Waals surface area contributed by atoms with E-state index >= 15 is 0 Å². The highest BCUT2D eigenvalue weighted by atomic mass is 16.4. The minimum Gasteiger partial charge on any atom is -0.478 e. The summed E-state index contributed by atoms with van der Waals surface area (Å²) >= 11 is 0. The van der Waals surface area contributed by atoms with Gasteiger partial charge in [-0.25, -0.2) is 4.79 Å². The van der Waals surface area contributed by atoms with Crippen LogP contribution in [0, 0.1) is 6.92 Å². The summed E-state index contributed by atoms with van der Waals surface area (Å²) in [6.07, 6.45) is 2.23. The molecule has 0 aliphatic carbocycles. The Morgan fingerprint density at radius 1 is 0.931 bits per heavy atom. The van der Waals surface area contributed by atoms with E-state index < -0.39 is 5.97 Å². The van der Waals surface area contributed by atoms with Gasteiger partial charge in [0.25, 0.3) is 0 Å². The average molecular weight is 384 g/mol. The first-order chi connectivity index (χ1) is 14.1. The third kappa shape index (κ3) is 4.39. The second kappa shape index (κ2) is 8.33. The molecule has 0 aliphatic rings. The quantitative estimate of drug-likeness (QED) is 0.472. The molecule has 1 heterocycles. The predicted molar refractivity (Wildman–Crippen MR) is 116 cm³/mol. The van der Waals surface area contributed by atoms with Crippen LogP contribution in [0.1, 0.15) is 32.6 Å². The molecule has 29 heavy (non-hydrogen) atoms. The highest BCUT2D eigenvalue weighted by Crippen LogP contribution is 2.23. The van der Waals surface area contributed by atoms with Crippen LogP contribution in [-0.2, 0) is 19.6 Å². The summed E-state index contributed by atoms with van der Waals surface area (Å²) in [6, 6.07) is 24.1. The largest absolute Gasteiger partial charge is 0.478 e. The van der Waals surface area contributed by atoms with Crippen LogP contribution < -0.4 is 5.32 Å². The fraction of sp³-hybridized carbons (Fsp3) is 0.160. The number of hydrogen-bond donors (Lipinski definition) is 2. The maximum Gasteiger partial charge on any atom is 0.335 e. The maximum atomic E-state index is 11.0. The van der Waals surface area contributed by atoms with Gasteiger partial charge in [-0.1, -0.05) is 60.2 Å². The van der Waals surface area contributed by atoms with Crippen LogP contribution >= 0.6 is 0 Å². The molecule has 2 N–H and O–H groups in total. The Morgan fingerprint density at radius 3 is 2.48 bits per heavy atom. The fourth-order valence-electron chi connectivity index (χ4n) is 3.71. The van der Waals surface area contributed by atoms with Gasteiger partial charge in [-0.2, -0.15) is 0 Å². The SMILES string of the molecule is Cc1cccc(Cn2cc(CNCc3ccc(C(=O)O)cc3)c3ccccc32)c1. The first-order valence-corrected chi connectivity index (χ1v) is 9.75. The Balaban J connectivity index is 1.49. The lowest BCUT2D eigenvalue weighted by atomic mass is 10.1. The van der Waals surface area contributed by atoms with E-state index in [1.54, 1.807) is 12.1 Å². The number of nitrogens with zero attached hydrogens (tertiary/aromatic N) is 1. The van der Waals surface area contributed by atoms with E-state index in [-0.39, 0.29) is 0 Å². The Hall–Kier alpha value is -3.37. The number of rotatable bonds is 7. The number of aryl methyl sites for hydroxylation is 1. The normalized spacial score (nSPS) is 11.1. The van der Waals surface area contributed by atoms with E-state index in [0.717, 1.165) is 18.7 Å². The van der Waals surface area contributed by atoms with Crippen molar-refractivity contribution in [2.75, 3.05) is 0 Å². The first kappa shape index (κ1) is 19.0. The van der Waals surface area contributed by atoms with Crippen LogP contribution in [0.4, 0.5) is 0 Å². The van der Waals surface area contributed by atoms with Crippen LogP contribution in [0.5, 0.6) is 0 Å². The molecule has 4 rings (SSSR count). The highest BCUT2D eigenvalue weighted by molar-refractivity contribution is 5.87. The Labute approximate surface area is 170 Å². The van der Waals surface area contributed by atoms with Gasteiger partial charge in [0, 0.05) is 36.7 Å². The third-order valence-electron chi connectivity index (χ3n) is 5.15. The molecule has 146 valence electrons. The molecule has 0 spiro atoms. The van der Waals surface area contributed by atoms with Crippen molar-refractivity contribution in [3.63, 3.8) is 0 Å². The lowest BCUT2D eigenvalue weighted by Gasteiger charge is -2.06. The molecule has 1 aromatic heterocycles. The number of aromatic nitrogens is 1. The van der Waals surface area contributed by atoms with E-state index in [0.29, 0.717) is 12.1 Å².